The summed E-state index contributed by atoms with van der Waals surface area (Å²) in [7, 11) is 1.66. The zero-order valence-electron chi connectivity index (χ0n) is 9.98. The summed E-state index contributed by atoms with van der Waals surface area (Å²) >= 11 is 0. The number of hydrogen-bond donors (Lipinski definition) is 2. The van der Waals surface area contributed by atoms with E-state index in [-0.39, 0.29) is 12.1 Å². The van der Waals surface area contributed by atoms with Crippen LogP contribution in [0.4, 0.5) is 0 Å². The van der Waals surface area contributed by atoms with Gasteiger partial charge in [0.1, 0.15) is 6.10 Å². The summed E-state index contributed by atoms with van der Waals surface area (Å²) in [6.45, 7) is 3.20. The molecule has 2 unspecified atom stereocenters. The van der Waals surface area contributed by atoms with Crippen LogP contribution in [0, 0.1) is 0 Å². The predicted molar refractivity (Wildman–Crippen MR) is 64.2 cm³/mol. The highest BCUT2D eigenvalue weighted by molar-refractivity contribution is 5.78. The van der Waals surface area contributed by atoms with Crippen molar-refractivity contribution < 1.29 is 9.47 Å². The number of rotatable bonds is 5. The molecule has 2 atom stereocenters. The molecule has 0 aromatic rings. The van der Waals surface area contributed by atoms with Crippen molar-refractivity contribution in [1.82, 2.24) is 5.32 Å². The molecule has 1 heterocycles. The maximum absolute atomic E-state index is 5.73. The number of nitrogens with one attached hydrogen (secondary N) is 1. The van der Waals surface area contributed by atoms with Gasteiger partial charge in [0.2, 0.25) is 0 Å². The molecule has 0 radical (unpaired) electrons. The van der Waals surface area contributed by atoms with Crippen LogP contribution in [-0.4, -0.2) is 38.4 Å². The first kappa shape index (κ1) is 12.8. The average molecular weight is 227 g/mol. The Hall–Kier alpha value is -1.23. The van der Waals surface area contributed by atoms with E-state index in [0.717, 1.165) is 12.8 Å². The lowest BCUT2D eigenvalue weighted by Crippen LogP contribution is -2.41. The maximum atomic E-state index is 5.73. The maximum Gasteiger partial charge on any atom is 0.189 e. The van der Waals surface area contributed by atoms with E-state index < -0.39 is 0 Å². The Kier molecular flexibility index (Phi) is 5.71. The summed E-state index contributed by atoms with van der Waals surface area (Å²) < 4.78 is 10.4. The topological polar surface area (TPSA) is 68.9 Å². The van der Waals surface area contributed by atoms with Gasteiger partial charge in [-0.3, -0.25) is 0 Å². The van der Waals surface area contributed by atoms with Crippen molar-refractivity contribution in [1.29, 1.82) is 0 Å². The number of allylic oxidation sites excluding steroid dienone is 1. The van der Waals surface area contributed by atoms with Gasteiger partial charge in [0, 0.05) is 13.2 Å². The lowest BCUT2D eigenvalue weighted by Gasteiger charge is -2.18. The third-order valence-corrected chi connectivity index (χ3v) is 2.30. The van der Waals surface area contributed by atoms with E-state index in [4.69, 9.17) is 15.2 Å². The first-order valence-corrected chi connectivity index (χ1v) is 5.58. The minimum atomic E-state index is 0.156. The molecular weight excluding hydrogens is 206 g/mol. The number of hydrogen-bond acceptors (Lipinski definition) is 3. The third kappa shape index (κ3) is 5.02. The molecule has 0 saturated heterocycles. The fraction of sp³-hybridized carbons (Fsp3) is 0.727. The first-order chi connectivity index (χ1) is 7.72. The second kappa shape index (κ2) is 7.11. The number of methoxy groups -OCH3 is 1. The van der Waals surface area contributed by atoms with Crippen LogP contribution in [0.5, 0.6) is 0 Å². The largest absolute Gasteiger partial charge is 0.496 e. The molecule has 3 N–H and O–H groups in total. The Labute approximate surface area is 96.7 Å². The van der Waals surface area contributed by atoms with Gasteiger partial charge in [0.15, 0.2) is 5.96 Å². The van der Waals surface area contributed by atoms with Gasteiger partial charge in [-0.05, 0) is 25.8 Å². The van der Waals surface area contributed by atoms with E-state index in [2.05, 4.69) is 10.3 Å². The average Bonchev–Trinajstić information content (AvgIpc) is 2.28. The van der Waals surface area contributed by atoms with Gasteiger partial charge in [-0.15, -0.1) is 0 Å². The summed E-state index contributed by atoms with van der Waals surface area (Å²) in [6.07, 6.45) is 5.96. The minimum absolute atomic E-state index is 0.156. The summed E-state index contributed by atoms with van der Waals surface area (Å²) in [4.78, 5) is 4.24. The molecular formula is C11H21N3O2. The molecule has 5 heteroatoms. The number of guanidine groups is 1. The zero-order valence-corrected chi connectivity index (χ0v) is 9.98. The molecule has 0 aromatic carbocycles. The molecule has 0 aromatic heterocycles. The Balaban J connectivity index is 2.24. The van der Waals surface area contributed by atoms with Gasteiger partial charge in [0.05, 0.1) is 19.4 Å². The Morgan fingerprint density at radius 3 is 3.19 bits per heavy atom. The molecule has 0 amide bonds. The van der Waals surface area contributed by atoms with Crippen molar-refractivity contribution in [2.45, 2.75) is 31.9 Å². The SMILES string of the molecule is COCC(C)NC(N)=NCC1CCC=CO1. The van der Waals surface area contributed by atoms with Crippen LogP contribution in [0.25, 0.3) is 0 Å². The van der Waals surface area contributed by atoms with Crippen LogP contribution >= 0.6 is 0 Å². The van der Waals surface area contributed by atoms with E-state index in [9.17, 15) is 0 Å². The highest BCUT2D eigenvalue weighted by atomic mass is 16.5. The van der Waals surface area contributed by atoms with Crippen LogP contribution in [-0.2, 0) is 9.47 Å². The predicted octanol–water partition coefficient (Wildman–Crippen LogP) is 0.618. The normalized spacial score (nSPS) is 22.6. The van der Waals surface area contributed by atoms with Crippen LogP contribution in [0.1, 0.15) is 19.8 Å². The molecule has 0 bridgehead atoms. The monoisotopic (exact) mass is 227 g/mol. The quantitative estimate of drug-likeness (QED) is 0.533. The number of ether oxygens (including phenoxy) is 2. The molecule has 1 rings (SSSR count). The van der Waals surface area contributed by atoms with E-state index in [1.54, 1.807) is 13.4 Å². The van der Waals surface area contributed by atoms with Crippen LogP contribution < -0.4 is 11.1 Å². The molecule has 0 aliphatic carbocycles. The number of nitrogens with zero attached hydrogens (tertiary/aromatic N) is 1. The Morgan fingerprint density at radius 2 is 2.56 bits per heavy atom. The van der Waals surface area contributed by atoms with Crippen LogP contribution in [0.15, 0.2) is 17.3 Å². The first-order valence-electron chi connectivity index (χ1n) is 5.58. The van der Waals surface area contributed by atoms with Crippen LogP contribution in [0.2, 0.25) is 0 Å². The Morgan fingerprint density at radius 1 is 1.75 bits per heavy atom. The number of aliphatic imine (C=N–C) groups is 1. The molecule has 92 valence electrons. The van der Waals surface area contributed by atoms with Crippen molar-refractivity contribution in [3.63, 3.8) is 0 Å². The lowest BCUT2D eigenvalue weighted by atomic mass is 10.2. The highest BCUT2D eigenvalue weighted by Crippen LogP contribution is 2.09. The lowest BCUT2D eigenvalue weighted by molar-refractivity contribution is 0.131. The van der Waals surface area contributed by atoms with Gasteiger partial charge in [0.25, 0.3) is 0 Å². The van der Waals surface area contributed by atoms with Gasteiger partial charge < -0.3 is 20.5 Å². The van der Waals surface area contributed by atoms with Gasteiger partial charge in [-0.25, -0.2) is 4.99 Å². The van der Waals surface area contributed by atoms with E-state index in [0.29, 0.717) is 19.1 Å². The standard InChI is InChI=1S/C11H21N3O2/c1-9(8-15-2)14-11(12)13-7-10-5-3-4-6-16-10/h4,6,9-10H,3,5,7-8H2,1-2H3,(H3,12,13,14). The summed E-state index contributed by atoms with van der Waals surface area (Å²) in [6, 6.07) is 0.168. The number of nitrogens with two attached hydrogens (primary N) is 1. The third-order valence-electron chi connectivity index (χ3n) is 2.30. The summed E-state index contributed by atoms with van der Waals surface area (Å²) in [5.74, 6) is 0.447. The van der Waals surface area contributed by atoms with E-state index in [1.165, 1.54) is 0 Å². The summed E-state index contributed by atoms with van der Waals surface area (Å²) in [5.41, 5.74) is 5.73. The minimum Gasteiger partial charge on any atom is -0.496 e. The molecule has 16 heavy (non-hydrogen) atoms. The van der Waals surface area contributed by atoms with Gasteiger partial charge in [-0.2, -0.15) is 0 Å². The van der Waals surface area contributed by atoms with Crippen molar-refractivity contribution in [2.75, 3.05) is 20.3 Å². The van der Waals surface area contributed by atoms with Gasteiger partial charge in [-0.1, -0.05) is 0 Å². The molecule has 0 saturated carbocycles. The molecule has 5 nitrogen and oxygen atoms in total. The smallest absolute Gasteiger partial charge is 0.189 e. The second-order valence-electron chi connectivity index (χ2n) is 3.93. The Bertz CT molecular complexity index is 254. The molecule has 1 aliphatic heterocycles. The van der Waals surface area contributed by atoms with Crippen molar-refractivity contribution in [3.8, 4) is 0 Å². The molecule has 0 spiro atoms. The van der Waals surface area contributed by atoms with E-state index in [1.807, 2.05) is 13.0 Å². The fourth-order valence-corrected chi connectivity index (χ4v) is 1.51. The molecule has 0 fully saturated rings. The zero-order chi connectivity index (χ0) is 11.8. The van der Waals surface area contributed by atoms with Crippen molar-refractivity contribution in [3.05, 3.63) is 12.3 Å². The second-order valence-corrected chi connectivity index (χ2v) is 3.93. The van der Waals surface area contributed by atoms with Gasteiger partial charge >= 0.3 is 0 Å². The van der Waals surface area contributed by atoms with Crippen molar-refractivity contribution in [2.24, 2.45) is 10.7 Å². The fourth-order valence-electron chi connectivity index (χ4n) is 1.51. The summed E-state index contributed by atoms with van der Waals surface area (Å²) in [5, 5.41) is 3.05. The molecule has 1 aliphatic rings. The van der Waals surface area contributed by atoms with E-state index >= 15 is 0 Å². The van der Waals surface area contributed by atoms with Crippen molar-refractivity contribution >= 4 is 5.96 Å². The highest BCUT2D eigenvalue weighted by Gasteiger charge is 2.10. The van der Waals surface area contributed by atoms with Crippen LogP contribution in [0.3, 0.4) is 0 Å².